The Morgan fingerprint density at radius 1 is 0.329 bits per heavy atom. The molecule has 0 spiro atoms. The van der Waals surface area contributed by atoms with E-state index in [1.54, 1.807) is 0 Å². The van der Waals surface area contributed by atoms with Crippen LogP contribution < -0.4 is 31.1 Å². The number of rotatable bonds is 6. The molecule has 0 atom stereocenters. The fourth-order valence-corrected chi connectivity index (χ4v) is 12.1. The summed E-state index contributed by atoms with van der Waals surface area (Å²) in [5.41, 5.74) is 24.8. The first kappa shape index (κ1) is 52.0. The van der Waals surface area contributed by atoms with E-state index >= 15 is 0 Å². The average Bonchev–Trinajstić information content (AvgIpc) is 3.35. The Kier molecular flexibility index (Phi) is 12.1. The average molecular weight is 1030 g/mol. The van der Waals surface area contributed by atoms with Crippen molar-refractivity contribution in [2.45, 2.75) is 131 Å². The highest BCUT2D eigenvalue weighted by Gasteiger charge is 2.45. The molecule has 79 heavy (non-hydrogen) atoms. The normalized spacial score (nSPS) is 13.7. The Bertz CT molecular complexity index is 3920. The first-order valence-electron chi connectivity index (χ1n) is 28.5. The molecule has 0 fully saturated rings. The van der Waals surface area contributed by atoms with Crippen LogP contribution in [-0.2, 0) is 27.1 Å². The molecular formula is C74H76BN3O. The van der Waals surface area contributed by atoms with E-state index in [1.165, 1.54) is 61.3 Å². The van der Waals surface area contributed by atoms with Gasteiger partial charge in [-0.25, -0.2) is 0 Å². The molecule has 0 amide bonds. The van der Waals surface area contributed by atoms with Crippen molar-refractivity contribution in [3.8, 4) is 11.1 Å². The van der Waals surface area contributed by atoms with Crippen molar-refractivity contribution < 1.29 is 4.42 Å². The Morgan fingerprint density at radius 3 is 1.42 bits per heavy atom. The van der Waals surface area contributed by atoms with Gasteiger partial charge in [-0.05, 0) is 179 Å². The van der Waals surface area contributed by atoms with Gasteiger partial charge in [-0.2, -0.15) is 0 Å². The number of para-hydroxylation sites is 1. The van der Waals surface area contributed by atoms with E-state index in [0.717, 1.165) is 67.2 Å². The summed E-state index contributed by atoms with van der Waals surface area (Å²) in [6, 6.07) is 71.7. The van der Waals surface area contributed by atoms with E-state index in [-0.39, 0.29) is 33.8 Å². The number of anilines is 9. The predicted octanol–water partition coefficient (Wildman–Crippen LogP) is 19.3. The zero-order valence-corrected chi connectivity index (χ0v) is 49.2. The van der Waals surface area contributed by atoms with Crippen molar-refractivity contribution in [2.75, 3.05) is 14.7 Å². The van der Waals surface area contributed by atoms with Crippen LogP contribution in [0, 0.1) is 0 Å². The molecule has 10 aromatic rings. The molecule has 0 saturated heterocycles. The van der Waals surface area contributed by atoms with E-state index in [4.69, 9.17) is 4.42 Å². The van der Waals surface area contributed by atoms with Crippen LogP contribution in [0.15, 0.2) is 192 Å². The second kappa shape index (κ2) is 18.4. The predicted molar refractivity (Wildman–Crippen MR) is 341 cm³/mol. The lowest BCUT2D eigenvalue weighted by Gasteiger charge is -2.45. The minimum atomic E-state index is -0.174. The quantitative estimate of drug-likeness (QED) is 0.155. The van der Waals surface area contributed by atoms with Crippen molar-refractivity contribution in [2.24, 2.45) is 0 Å². The first-order valence-corrected chi connectivity index (χ1v) is 28.5. The minimum absolute atomic E-state index is 0.0173. The lowest BCUT2D eigenvalue weighted by molar-refractivity contribution is 0.589. The molecule has 12 rings (SSSR count). The third-order valence-electron chi connectivity index (χ3n) is 16.8. The highest BCUT2D eigenvalue weighted by atomic mass is 16.3. The highest BCUT2D eigenvalue weighted by Crippen LogP contribution is 2.49. The van der Waals surface area contributed by atoms with Crippen LogP contribution >= 0.6 is 0 Å². The number of fused-ring (bicyclic) bond motifs is 7. The maximum Gasteiger partial charge on any atom is 0.252 e. The third kappa shape index (κ3) is 9.23. The molecule has 0 saturated carbocycles. The monoisotopic (exact) mass is 1030 g/mol. The van der Waals surface area contributed by atoms with Crippen molar-refractivity contribution in [1.29, 1.82) is 0 Å². The number of nitrogens with zero attached hydrogens (tertiary/aromatic N) is 3. The first-order chi connectivity index (χ1) is 37.3. The van der Waals surface area contributed by atoms with Gasteiger partial charge in [0.05, 0.1) is 0 Å². The number of furan rings is 1. The van der Waals surface area contributed by atoms with Gasteiger partial charge >= 0.3 is 0 Å². The SMILES string of the molecule is CC(C)(C)c1ccc(N(c2ccc(C(C)(C)C)cc2)c2ccc3c(c2)N(c2cccc(-c4ccc5oc6ccccc6c5c4)c2)c2cc(C(C)(C)C)cc4c2B3c2cc(C(C)(C)C)ccc2N4c2ccc(C(C)(C)C)cc2)cc1. The number of hydrogen-bond donors (Lipinski definition) is 0. The van der Waals surface area contributed by atoms with Gasteiger partial charge in [-0.1, -0.05) is 195 Å². The molecule has 1 aromatic heterocycles. The Morgan fingerprint density at radius 2 is 0.835 bits per heavy atom. The number of hydrogen-bond acceptors (Lipinski definition) is 4. The molecule has 5 heteroatoms. The Hall–Kier alpha value is -7.76. The molecule has 2 aliphatic heterocycles. The van der Waals surface area contributed by atoms with Crippen molar-refractivity contribution in [1.82, 2.24) is 0 Å². The van der Waals surface area contributed by atoms with Crippen molar-refractivity contribution in [3.63, 3.8) is 0 Å². The van der Waals surface area contributed by atoms with Crippen LogP contribution in [0.4, 0.5) is 51.2 Å². The van der Waals surface area contributed by atoms with E-state index in [1.807, 2.05) is 6.07 Å². The molecule has 2 aliphatic rings. The molecule has 0 radical (unpaired) electrons. The molecular weight excluding hydrogens is 958 g/mol. The lowest BCUT2D eigenvalue weighted by atomic mass is 9.33. The van der Waals surface area contributed by atoms with Gasteiger partial charge in [0, 0.05) is 62.0 Å². The van der Waals surface area contributed by atoms with E-state index in [2.05, 4.69) is 301 Å². The zero-order valence-electron chi connectivity index (χ0n) is 49.2. The molecule has 396 valence electrons. The topological polar surface area (TPSA) is 22.9 Å². The van der Waals surface area contributed by atoms with Gasteiger partial charge in [-0.15, -0.1) is 0 Å². The summed E-state index contributed by atoms with van der Waals surface area (Å²) >= 11 is 0. The van der Waals surface area contributed by atoms with E-state index in [0.29, 0.717) is 0 Å². The molecule has 0 aliphatic carbocycles. The fourth-order valence-electron chi connectivity index (χ4n) is 12.1. The molecule has 0 N–H and O–H groups in total. The maximum absolute atomic E-state index is 6.35. The molecule has 0 unspecified atom stereocenters. The lowest BCUT2D eigenvalue weighted by Crippen LogP contribution is -2.61. The second-order valence-corrected chi connectivity index (χ2v) is 27.6. The molecule has 9 aromatic carbocycles. The summed E-state index contributed by atoms with van der Waals surface area (Å²) in [6.07, 6.45) is 0. The van der Waals surface area contributed by atoms with Gasteiger partial charge in [0.25, 0.3) is 6.71 Å². The van der Waals surface area contributed by atoms with E-state index < -0.39 is 0 Å². The van der Waals surface area contributed by atoms with Crippen LogP contribution in [-0.4, -0.2) is 6.71 Å². The summed E-state index contributed by atoms with van der Waals surface area (Å²) in [4.78, 5) is 7.63. The second-order valence-electron chi connectivity index (χ2n) is 27.6. The molecule has 4 nitrogen and oxygen atoms in total. The number of benzene rings is 9. The maximum atomic E-state index is 6.35. The van der Waals surface area contributed by atoms with Crippen LogP contribution in [0.25, 0.3) is 33.1 Å². The summed E-state index contributed by atoms with van der Waals surface area (Å²) in [5.74, 6) is 0. The van der Waals surface area contributed by atoms with Crippen molar-refractivity contribution in [3.05, 3.63) is 216 Å². The smallest absolute Gasteiger partial charge is 0.252 e. The third-order valence-corrected chi connectivity index (χ3v) is 16.8. The molecule has 0 bridgehead atoms. The van der Waals surface area contributed by atoms with Crippen LogP contribution in [0.2, 0.25) is 0 Å². The fraction of sp³-hybridized carbons (Fsp3) is 0.270. The molecule has 3 heterocycles. The van der Waals surface area contributed by atoms with Crippen LogP contribution in [0.3, 0.4) is 0 Å². The van der Waals surface area contributed by atoms with Gasteiger partial charge in [0.2, 0.25) is 0 Å². The summed E-state index contributed by atoms with van der Waals surface area (Å²) < 4.78 is 6.35. The van der Waals surface area contributed by atoms with E-state index in [9.17, 15) is 0 Å². The van der Waals surface area contributed by atoms with Gasteiger partial charge in [0.15, 0.2) is 0 Å². The Balaban J connectivity index is 1.15. The summed E-state index contributed by atoms with van der Waals surface area (Å²) in [7, 11) is 0. The highest BCUT2D eigenvalue weighted by molar-refractivity contribution is 7.00. The summed E-state index contributed by atoms with van der Waals surface area (Å²) in [5, 5.41) is 2.25. The van der Waals surface area contributed by atoms with Gasteiger partial charge in [-0.3, -0.25) is 0 Å². The Labute approximate surface area is 470 Å². The van der Waals surface area contributed by atoms with Crippen molar-refractivity contribution >= 4 is 96.2 Å². The van der Waals surface area contributed by atoms with Crippen LogP contribution in [0.5, 0.6) is 0 Å². The standard InChI is InChI=1S/C74H76BN3O/c1-70(2,3)49-24-31-54(32-25-49)76(55-33-26-50(27-34-55)71(4,5)6)58-37-38-61-64(46-58)78(57-20-18-19-47(41-57)48-23-40-68-60(42-48)59-21-16-17-22-67(59)79-68)66-45-53(74(13,14)15)44-65-69(66)75(61)62-43-52(73(10,11)12)30-39-63(62)77(65)56-35-28-51(29-36-56)72(7,8)9/h16-46H,1-15H3. The van der Waals surface area contributed by atoms with Gasteiger partial charge in [0.1, 0.15) is 11.2 Å². The summed E-state index contributed by atoms with van der Waals surface area (Å²) in [6.45, 7) is 34.7. The largest absolute Gasteiger partial charge is 0.456 e. The van der Waals surface area contributed by atoms with Crippen LogP contribution in [0.1, 0.15) is 132 Å². The zero-order chi connectivity index (χ0) is 55.7. The minimum Gasteiger partial charge on any atom is -0.456 e. The van der Waals surface area contributed by atoms with Gasteiger partial charge < -0.3 is 19.1 Å².